The van der Waals surface area contributed by atoms with Crippen molar-refractivity contribution in [3.63, 3.8) is 0 Å². The van der Waals surface area contributed by atoms with E-state index >= 15 is 0 Å². The molecule has 0 aromatic heterocycles. The van der Waals surface area contributed by atoms with Crippen molar-refractivity contribution in [3.05, 3.63) is 0 Å². The van der Waals surface area contributed by atoms with Gasteiger partial charge in [0.1, 0.15) is 0 Å². The van der Waals surface area contributed by atoms with Crippen LogP contribution in [0.15, 0.2) is 0 Å². The van der Waals surface area contributed by atoms with E-state index in [9.17, 15) is 4.79 Å². The van der Waals surface area contributed by atoms with Gasteiger partial charge in [-0.3, -0.25) is 4.79 Å². The van der Waals surface area contributed by atoms with E-state index in [1.807, 2.05) is 6.92 Å². The van der Waals surface area contributed by atoms with Crippen LogP contribution in [-0.4, -0.2) is 118 Å². The fourth-order valence-corrected chi connectivity index (χ4v) is 75.7. The quantitative estimate of drug-likeness (QED) is 0.288. The van der Waals surface area contributed by atoms with Gasteiger partial charge < -0.3 is 78.8 Å². The van der Waals surface area contributed by atoms with Crippen molar-refractivity contribution >= 4 is 112 Å². The third-order valence-electron chi connectivity index (χ3n) is 8.25. The molecule has 6 fully saturated rings. The number of ether oxygens (including phenoxy) is 1. The number of carbonyl (C=O) groups excluding carboxylic acids is 1. The fourth-order valence-electron chi connectivity index (χ4n) is 7.39. The number of hydrogen-bond acceptors (Lipinski definition) is 20. The van der Waals surface area contributed by atoms with Crippen LogP contribution >= 0.6 is 0 Å². The van der Waals surface area contributed by atoms with Gasteiger partial charge in [-0.25, -0.2) is 0 Å². The highest BCUT2D eigenvalue weighted by molar-refractivity contribution is 7.03. The van der Waals surface area contributed by atoms with E-state index in [1.165, 1.54) is 0 Å². The molecule has 286 valence electrons. The molecule has 12 bridgehead atoms. The van der Waals surface area contributed by atoms with Crippen LogP contribution in [0.4, 0.5) is 0 Å². The maximum atomic E-state index is 12.8. The monoisotopic (exact) mass is 918 g/mol. The summed E-state index contributed by atoms with van der Waals surface area (Å²) in [4.78, 5) is 12.8. The normalized spacial score (nSPS) is 57.9. The predicted molar refractivity (Wildman–Crippen MR) is 188 cm³/mol. The van der Waals surface area contributed by atoms with E-state index in [0.29, 0.717) is 6.42 Å². The average Bonchev–Trinajstić information content (AvgIpc) is 2.78. The zero-order valence-electron chi connectivity index (χ0n) is 30.4. The van der Waals surface area contributed by atoms with Crippen LogP contribution in [-0.2, 0) is 83.6 Å². The van der Waals surface area contributed by atoms with Crippen LogP contribution in [0.2, 0.25) is 78.1 Å². The first kappa shape index (κ1) is 39.6. The van der Waals surface area contributed by atoms with Crippen LogP contribution in [0.3, 0.4) is 0 Å². The van der Waals surface area contributed by atoms with E-state index in [4.69, 9.17) is 78.8 Å². The lowest BCUT2D eigenvalue weighted by atomic mass is 10.1. The number of carbonyl (C=O) groups is 1. The van der Waals surface area contributed by atoms with Gasteiger partial charge in [0.25, 0.3) is 0 Å². The molecule has 50 heavy (non-hydrogen) atoms. The van der Waals surface area contributed by atoms with E-state index in [1.54, 1.807) is 78.9 Å². The predicted octanol–water partition coefficient (Wildman–Crippen LogP) is 2.16. The van der Waals surface area contributed by atoms with E-state index in [0.717, 1.165) is 0 Å². The van der Waals surface area contributed by atoms with E-state index in [2.05, 4.69) is 0 Å². The summed E-state index contributed by atoms with van der Waals surface area (Å²) in [7, 11) is -48.4. The highest BCUT2D eigenvalue weighted by Crippen LogP contribution is 2.49. The molecule has 32 heteroatoms. The smallest absolute Gasteiger partial charge is 0.465 e. The van der Waals surface area contributed by atoms with Crippen molar-refractivity contribution in [3.8, 4) is 0 Å². The third kappa shape index (κ3) is 7.71. The molecule has 6 aliphatic heterocycles. The second-order valence-electron chi connectivity index (χ2n) is 14.2. The minimum atomic E-state index is -4.29. The van der Waals surface area contributed by atoms with Crippen LogP contribution in [0.25, 0.3) is 0 Å². The van der Waals surface area contributed by atoms with Gasteiger partial charge in [-0.1, -0.05) is 13.8 Å². The Bertz CT molecular complexity index is 1340. The molecule has 0 radical (unpaired) electrons. The molecular weight excluding hydrogens is 873 g/mol. The SMILES string of the molecule is CCC(C)C(=O)OCC[Si]12O[Si]3(C)O[Si]4(C)O[Si]5(C)O[Si]6(C)O[Si](C)(O4)O[Si](C)(O3)O[Si](C)(O[Si]3(C)O[Si](C)(O6)O[Si](C)(O5)O[Si](C)(O3)O1)O2. The van der Waals surface area contributed by atoms with Crippen molar-refractivity contribution in [2.75, 3.05) is 6.61 Å². The highest BCUT2D eigenvalue weighted by Gasteiger charge is 2.80. The highest BCUT2D eigenvalue weighted by atomic mass is 28.6. The van der Waals surface area contributed by atoms with Crippen molar-refractivity contribution in [1.29, 1.82) is 0 Å². The van der Waals surface area contributed by atoms with Crippen molar-refractivity contribution in [1.82, 2.24) is 0 Å². The molecule has 6 heterocycles. The summed E-state index contributed by atoms with van der Waals surface area (Å²) in [5.74, 6) is -0.717. The molecule has 6 rings (SSSR count). The van der Waals surface area contributed by atoms with Gasteiger partial charge in [0, 0.05) is 72.0 Å². The Labute approximate surface area is 304 Å². The number of rotatable bonds is 5. The first-order valence-corrected chi connectivity index (χ1v) is 42.8. The number of hydrogen-bond donors (Lipinski definition) is 0. The van der Waals surface area contributed by atoms with Crippen LogP contribution in [0, 0.1) is 5.92 Å². The van der Waals surface area contributed by atoms with Crippen molar-refractivity contribution in [2.45, 2.75) is 98.3 Å². The summed E-state index contributed by atoms with van der Waals surface area (Å²) >= 11 is 0. The summed E-state index contributed by atoms with van der Waals surface area (Å²) in [6, 6.07) is -0.0714. The van der Waals surface area contributed by atoms with Crippen LogP contribution in [0.5, 0.6) is 0 Å². The molecule has 6 aliphatic rings. The molecule has 0 aromatic carbocycles. The topological polar surface area (TPSA) is 192 Å². The maximum absolute atomic E-state index is 12.8. The van der Waals surface area contributed by atoms with Gasteiger partial charge >= 0.3 is 112 Å². The molecule has 0 aliphatic carbocycles. The average molecular weight is 920 g/mol. The van der Waals surface area contributed by atoms with Gasteiger partial charge in [-0.15, -0.1) is 0 Å². The summed E-state index contributed by atoms with van der Waals surface area (Å²) < 4.78 is 129. The molecule has 20 nitrogen and oxygen atoms in total. The van der Waals surface area contributed by atoms with E-state index in [-0.39, 0.29) is 24.5 Å². The summed E-state index contributed by atoms with van der Waals surface area (Å²) in [5, 5.41) is 0. The molecular formula is C18H46O20Si12. The van der Waals surface area contributed by atoms with E-state index < -0.39 is 106 Å². The van der Waals surface area contributed by atoms with Gasteiger partial charge in [0.05, 0.1) is 18.6 Å². The second kappa shape index (κ2) is 11.9. The lowest BCUT2D eigenvalue weighted by Crippen LogP contribution is -2.86. The van der Waals surface area contributed by atoms with Crippen molar-refractivity contribution in [2.24, 2.45) is 5.92 Å². The minimum Gasteiger partial charge on any atom is -0.465 e. The summed E-state index contributed by atoms with van der Waals surface area (Å²) in [6.45, 7) is 21.8. The lowest BCUT2D eigenvalue weighted by molar-refractivity contribution is -0.147. The Morgan fingerprint density at radius 2 is 0.620 bits per heavy atom. The molecule has 9 unspecified atom stereocenters. The minimum absolute atomic E-state index is 0.0714. The largest absolute Gasteiger partial charge is 0.482 e. The molecule has 0 N–H and O–H groups in total. The Morgan fingerprint density at radius 3 is 0.820 bits per heavy atom. The summed E-state index contributed by atoms with van der Waals surface area (Å²) in [6.07, 6.45) is 0.598. The standard InChI is InChI=1S/C18H46O20Si12/c1-14-17(2)18(19)20-15-16-50-36-47(11)30-43(7)24-40(4)21-39(3)22-41(5,26-43)28-45(9,32-47)34-49(13,38-50)35-46(10)29-42(6,23-39)27-44(8,25-40)31-48(12,33-46)37-50/h17H,14-16H2,1-13H3. The zero-order valence-corrected chi connectivity index (χ0v) is 42.4. The number of esters is 1. The Hall–Kier alpha value is 1.35. The Balaban J connectivity index is 1.48. The van der Waals surface area contributed by atoms with Crippen molar-refractivity contribution < 1.29 is 83.6 Å². The third-order valence-corrected chi connectivity index (χ3v) is 61.7. The molecule has 0 aromatic rings. The van der Waals surface area contributed by atoms with Gasteiger partial charge in [0.2, 0.25) is 0 Å². The molecule has 0 amide bonds. The van der Waals surface area contributed by atoms with Crippen LogP contribution in [0.1, 0.15) is 20.3 Å². The Kier molecular flexibility index (Phi) is 9.45. The first-order valence-electron chi connectivity index (χ1n) is 16.4. The first-order chi connectivity index (χ1) is 22.6. The molecule has 9 atom stereocenters. The summed E-state index contributed by atoms with van der Waals surface area (Å²) in [5.41, 5.74) is 0. The van der Waals surface area contributed by atoms with Crippen LogP contribution < -0.4 is 0 Å². The van der Waals surface area contributed by atoms with Gasteiger partial charge in [-0.05, 0) is 6.42 Å². The molecule has 0 spiro atoms. The second-order valence-corrected chi connectivity index (χ2v) is 49.8. The fraction of sp³-hybridized carbons (Fsp3) is 0.944. The zero-order chi connectivity index (χ0) is 36.7. The number of fused-ring (bicyclic) bond motifs is 12. The molecule has 6 saturated heterocycles. The molecule has 0 saturated carbocycles. The van der Waals surface area contributed by atoms with Gasteiger partial charge in [-0.2, -0.15) is 0 Å². The maximum Gasteiger partial charge on any atom is 0.482 e. The Morgan fingerprint density at radius 1 is 0.420 bits per heavy atom. The van der Waals surface area contributed by atoms with Gasteiger partial charge in [0.15, 0.2) is 0 Å². The lowest BCUT2D eigenvalue weighted by Gasteiger charge is -2.60.